The van der Waals surface area contributed by atoms with Crippen molar-refractivity contribution in [2.24, 2.45) is 12.8 Å². The molecule has 0 fully saturated rings. The second-order valence-corrected chi connectivity index (χ2v) is 4.55. The molecule has 20 heavy (non-hydrogen) atoms. The maximum atomic E-state index is 13.8. The monoisotopic (exact) mass is 283 g/mol. The van der Waals surface area contributed by atoms with E-state index in [9.17, 15) is 8.78 Å². The lowest BCUT2D eigenvalue weighted by atomic mass is 10.1. The van der Waals surface area contributed by atoms with Crippen molar-refractivity contribution < 1.29 is 13.5 Å². The zero-order valence-electron chi connectivity index (χ0n) is 11.2. The van der Waals surface area contributed by atoms with Crippen molar-refractivity contribution in [3.8, 4) is 5.75 Å². The third-order valence-electron chi connectivity index (χ3n) is 2.51. The fourth-order valence-electron chi connectivity index (χ4n) is 1.76. The van der Waals surface area contributed by atoms with Gasteiger partial charge in [0.15, 0.2) is 24.0 Å². The maximum Gasteiger partial charge on any atom is 0.212 e. The van der Waals surface area contributed by atoms with Crippen LogP contribution in [0.5, 0.6) is 5.75 Å². The fourth-order valence-corrected chi connectivity index (χ4v) is 1.76. The van der Waals surface area contributed by atoms with E-state index in [-0.39, 0.29) is 18.5 Å². The van der Waals surface area contributed by atoms with Gasteiger partial charge in [-0.1, -0.05) is 0 Å². The van der Waals surface area contributed by atoms with Gasteiger partial charge in [-0.3, -0.25) is 0 Å². The molecule has 0 saturated carbocycles. The van der Waals surface area contributed by atoms with Crippen molar-refractivity contribution in [1.29, 1.82) is 0 Å². The summed E-state index contributed by atoms with van der Waals surface area (Å²) in [7, 11) is 1.58. The first-order valence-corrected chi connectivity index (χ1v) is 6.05. The number of nitrogens with zero attached hydrogens (tertiary/aromatic N) is 4. The van der Waals surface area contributed by atoms with Gasteiger partial charge in [0.05, 0.1) is 7.05 Å². The highest BCUT2D eigenvalue weighted by Crippen LogP contribution is 2.24. The predicted molar refractivity (Wildman–Crippen MR) is 66.8 cm³/mol. The Bertz CT molecular complexity index is 576. The lowest BCUT2D eigenvalue weighted by Crippen LogP contribution is -2.18. The average molecular weight is 283 g/mol. The molecule has 0 aliphatic heterocycles. The van der Waals surface area contributed by atoms with Crippen molar-refractivity contribution in [2.45, 2.75) is 26.0 Å². The molecule has 0 radical (unpaired) electrons. The standard InChI is InChI=1S/C12H15F2N5O/c1-7(15)3-8-4-9(13)12(10(14)5-8)20-6-11-16-18-19(2)17-11/h4-5,7H,3,6,15H2,1-2H3. The van der Waals surface area contributed by atoms with E-state index in [0.29, 0.717) is 12.0 Å². The maximum absolute atomic E-state index is 13.8. The lowest BCUT2D eigenvalue weighted by molar-refractivity contribution is 0.265. The number of hydrogen-bond acceptors (Lipinski definition) is 5. The molecule has 0 spiro atoms. The van der Waals surface area contributed by atoms with Crippen LogP contribution in [0.1, 0.15) is 18.3 Å². The smallest absolute Gasteiger partial charge is 0.212 e. The van der Waals surface area contributed by atoms with Gasteiger partial charge in [0.25, 0.3) is 0 Å². The van der Waals surface area contributed by atoms with E-state index in [1.165, 1.54) is 16.9 Å². The lowest BCUT2D eigenvalue weighted by Gasteiger charge is -2.10. The number of aryl methyl sites for hydroxylation is 1. The quantitative estimate of drug-likeness (QED) is 0.884. The minimum atomic E-state index is -0.774. The van der Waals surface area contributed by atoms with Gasteiger partial charge in [-0.25, -0.2) is 8.78 Å². The van der Waals surface area contributed by atoms with Crippen LogP contribution in [0.3, 0.4) is 0 Å². The molecule has 1 aromatic heterocycles. The van der Waals surface area contributed by atoms with Crippen LogP contribution in [0.15, 0.2) is 12.1 Å². The SMILES string of the molecule is CC(N)Cc1cc(F)c(OCc2nnn(C)n2)c(F)c1. The summed E-state index contributed by atoms with van der Waals surface area (Å²) < 4.78 is 32.7. The molecular weight excluding hydrogens is 268 g/mol. The van der Waals surface area contributed by atoms with E-state index in [1.54, 1.807) is 14.0 Å². The molecule has 1 heterocycles. The molecule has 0 aliphatic rings. The number of halogens is 2. The molecule has 8 heteroatoms. The molecule has 1 unspecified atom stereocenters. The molecule has 2 rings (SSSR count). The first-order valence-electron chi connectivity index (χ1n) is 6.05. The summed E-state index contributed by atoms with van der Waals surface area (Å²) in [4.78, 5) is 1.23. The van der Waals surface area contributed by atoms with Gasteiger partial charge in [-0.05, 0) is 36.3 Å². The summed E-state index contributed by atoms with van der Waals surface area (Å²) >= 11 is 0. The number of ether oxygens (including phenoxy) is 1. The Kier molecular flexibility index (Phi) is 4.23. The van der Waals surface area contributed by atoms with Gasteiger partial charge in [0.2, 0.25) is 5.82 Å². The Morgan fingerprint density at radius 2 is 2.00 bits per heavy atom. The zero-order valence-corrected chi connectivity index (χ0v) is 11.2. The Morgan fingerprint density at radius 1 is 1.35 bits per heavy atom. The van der Waals surface area contributed by atoms with Gasteiger partial charge in [-0.15, -0.1) is 10.2 Å². The van der Waals surface area contributed by atoms with E-state index in [2.05, 4.69) is 15.4 Å². The molecule has 0 bridgehead atoms. The Balaban J connectivity index is 2.11. The first-order chi connectivity index (χ1) is 9.45. The van der Waals surface area contributed by atoms with Crippen molar-refractivity contribution >= 4 is 0 Å². The van der Waals surface area contributed by atoms with Crippen LogP contribution < -0.4 is 10.5 Å². The number of rotatable bonds is 5. The van der Waals surface area contributed by atoms with Gasteiger partial charge in [-0.2, -0.15) is 4.80 Å². The molecule has 2 N–H and O–H groups in total. The van der Waals surface area contributed by atoms with E-state index in [4.69, 9.17) is 10.5 Å². The van der Waals surface area contributed by atoms with Crippen LogP contribution in [-0.2, 0) is 20.1 Å². The second kappa shape index (κ2) is 5.91. The van der Waals surface area contributed by atoms with Crippen LogP contribution in [-0.4, -0.2) is 26.2 Å². The molecule has 0 saturated heterocycles. The van der Waals surface area contributed by atoms with E-state index >= 15 is 0 Å². The molecule has 6 nitrogen and oxygen atoms in total. The van der Waals surface area contributed by atoms with Crippen molar-refractivity contribution in [3.63, 3.8) is 0 Å². The molecule has 108 valence electrons. The Morgan fingerprint density at radius 3 is 2.50 bits per heavy atom. The first kappa shape index (κ1) is 14.3. The Labute approximate surface area is 114 Å². The minimum absolute atomic E-state index is 0.158. The highest BCUT2D eigenvalue weighted by molar-refractivity contribution is 5.31. The summed E-state index contributed by atoms with van der Waals surface area (Å²) in [5, 5.41) is 11.1. The van der Waals surface area contributed by atoms with E-state index in [1.807, 2.05) is 0 Å². The number of aromatic nitrogens is 4. The second-order valence-electron chi connectivity index (χ2n) is 4.55. The van der Waals surface area contributed by atoms with Crippen molar-refractivity contribution in [1.82, 2.24) is 20.2 Å². The fraction of sp³-hybridized carbons (Fsp3) is 0.417. The summed E-state index contributed by atoms with van der Waals surface area (Å²) in [6.45, 7) is 1.61. The third-order valence-corrected chi connectivity index (χ3v) is 2.51. The third kappa shape index (κ3) is 3.47. The number of benzene rings is 1. The van der Waals surface area contributed by atoms with Crippen LogP contribution in [0.4, 0.5) is 8.78 Å². The van der Waals surface area contributed by atoms with Crippen LogP contribution in [0.2, 0.25) is 0 Å². The Hall–Kier alpha value is -2.09. The van der Waals surface area contributed by atoms with Crippen LogP contribution in [0.25, 0.3) is 0 Å². The predicted octanol–water partition coefficient (Wildman–Crippen LogP) is 0.957. The highest BCUT2D eigenvalue weighted by Gasteiger charge is 2.14. The molecular formula is C12H15F2N5O. The van der Waals surface area contributed by atoms with Gasteiger partial charge in [0, 0.05) is 6.04 Å². The zero-order chi connectivity index (χ0) is 14.7. The topological polar surface area (TPSA) is 78.9 Å². The van der Waals surface area contributed by atoms with Gasteiger partial charge < -0.3 is 10.5 Å². The average Bonchev–Trinajstić information content (AvgIpc) is 2.73. The minimum Gasteiger partial charge on any atom is -0.479 e. The van der Waals surface area contributed by atoms with Crippen molar-refractivity contribution in [2.75, 3.05) is 0 Å². The largest absolute Gasteiger partial charge is 0.479 e. The van der Waals surface area contributed by atoms with Gasteiger partial charge in [0.1, 0.15) is 0 Å². The summed E-state index contributed by atoms with van der Waals surface area (Å²) in [6, 6.07) is 2.25. The number of nitrogens with two attached hydrogens (primary N) is 1. The molecule has 0 aliphatic carbocycles. The molecule has 1 aromatic carbocycles. The molecule has 2 aromatic rings. The van der Waals surface area contributed by atoms with Crippen LogP contribution >= 0.6 is 0 Å². The summed E-state index contributed by atoms with van der Waals surface area (Å²) in [5.41, 5.74) is 6.08. The number of tetrazole rings is 1. The molecule has 0 amide bonds. The highest BCUT2D eigenvalue weighted by atomic mass is 19.1. The van der Waals surface area contributed by atoms with Crippen LogP contribution in [0, 0.1) is 11.6 Å². The van der Waals surface area contributed by atoms with Crippen molar-refractivity contribution in [3.05, 3.63) is 35.2 Å². The number of hydrogen-bond donors (Lipinski definition) is 1. The summed E-state index contributed by atoms with van der Waals surface area (Å²) in [5.74, 6) is -1.76. The normalized spacial score (nSPS) is 12.4. The van der Waals surface area contributed by atoms with E-state index in [0.717, 1.165) is 0 Å². The van der Waals surface area contributed by atoms with E-state index < -0.39 is 17.4 Å². The summed E-state index contributed by atoms with van der Waals surface area (Å²) in [6.07, 6.45) is 0.389. The molecule has 1 atom stereocenters. The van der Waals surface area contributed by atoms with Gasteiger partial charge >= 0.3 is 0 Å².